The number of ether oxygens (including phenoxy) is 2. The minimum atomic E-state index is -0.653. The van der Waals surface area contributed by atoms with Gasteiger partial charge in [0.05, 0.1) is 20.1 Å². The van der Waals surface area contributed by atoms with Gasteiger partial charge in [-0.15, -0.1) is 0 Å². The second kappa shape index (κ2) is 10.6. The molecule has 2 aromatic rings. The molecule has 0 saturated carbocycles. The second-order valence-electron chi connectivity index (χ2n) is 8.30. The first-order chi connectivity index (χ1) is 15.0. The molecule has 0 fully saturated rings. The summed E-state index contributed by atoms with van der Waals surface area (Å²) < 4.78 is 11.3. The highest BCUT2D eigenvalue weighted by molar-refractivity contribution is 6.26. The third-order valence-electron chi connectivity index (χ3n) is 6.17. The number of carbonyl (C=O) groups excluding carboxylic acids is 2. The van der Waals surface area contributed by atoms with Crippen LogP contribution in [0.1, 0.15) is 64.4 Å². The Bertz CT molecular complexity index is 898. The molecule has 1 N–H and O–H groups in total. The van der Waals surface area contributed by atoms with Crippen molar-refractivity contribution < 1.29 is 24.2 Å². The van der Waals surface area contributed by atoms with E-state index >= 15 is 0 Å². The summed E-state index contributed by atoms with van der Waals surface area (Å²) in [7, 11) is 3.30. The number of Topliss-reactive ketones (excluding diaryl/α,β-unsaturated/α-hetero) is 2. The van der Waals surface area contributed by atoms with Crippen LogP contribution < -0.4 is 9.47 Å². The average Bonchev–Trinajstić information content (AvgIpc) is 3.04. The number of ketones is 2. The minimum Gasteiger partial charge on any atom is -0.496 e. The molecule has 1 unspecified atom stereocenters. The molecule has 0 saturated heterocycles. The maximum Gasteiger partial charge on any atom is 0.174 e. The van der Waals surface area contributed by atoms with Crippen LogP contribution in [0.4, 0.5) is 0 Å². The van der Waals surface area contributed by atoms with E-state index in [1.165, 1.54) is 0 Å². The zero-order chi connectivity index (χ0) is 22.4. The summed E-state index contributed by atoms with van der Waals surface area (Å²) in [5.74, 6) is 0.581. The standard InChI is InChI=1S/C26H32O5/c1-17(24-25(28)20-11-7-8-12-21(20)26(24)29)14-19-16-22(30-2)18(15-23(19)31-3)10-6-4-5-9-13-27/h7-8,11-12,15-17,24,27H,4-6,9-10,13-14H2,1-3H3. The van der Waals surface area contributed by atoms with Crippen molar-refractivity contribution in [2.75, 3.05) is 20.8 Å². The van der Waals surface area contributed by atoms with Gasteiger partial charge < -0.3 is 14.6 Å². The van der Waals surface area contributed by atoms with Crippen molar-refractivity contribution in [2.45, 2.75) is 45.4 Å². The molecule has 166 valence electrons. The Morgan fingerprint density at radius 3 is 2.00 bits per heavy atom. The molecule has 0 bridgehead atoms. The number of methoxy groups -OCH3 is 2. The van der Waals surface area contributed by atoms with E-state index in [0.717, 1.165) is 54.7 Å². The van der Waals surface area contributed by atoms with E-state index in [0.29, 0.717) is 17.5 Å². The molecule has 1 atom stereocenters. The molecular formula is C26H32O5. The van der Waals surface area contributed by atoms with Crippen LogP contribution in [0.2, 0.25) is 0 Å². The summed E-state index contributed by atoms with van der Waals surface area (Å²) in [6.07, 6.45) is 5.33. The summed E-state index contributed by atoms with van der Waals surface area (Å²) in [6.45, 7) is 2.19. The van der Waals surface area contributed by atoms with Crippen LogP contribution >= 0.6 is 0 Å². The Labute approximate surface area is 184 Å². The number of aliphatic hydroxyl groups is 1. The van der Waals surface area contributed by atoms with Crippen LogP contribution in [0.25, 0.3) is 0 Å². The Morgan fingerprint density at radius 2 is 1.42 bits per heavy atom. The first-order valence-corrected chi connectivity index (χ1v) is 11.0. The van der Waals surface area contributed by atoms with Crippen molar-refractivity contribution in [3.63, 3.8) is 0 Å². The van der Waals surface area contributed by atoms with Crippen LogP contribution in [0.5, 0.6) is 11.5 Å². The second-order valence-corrected chi connectivity index (χ2v) is 8.30. The summed E-state index contributed by atoms with van der Waals surface area (Å²) in [5, 5.41) is 8.92. The number of hydrogen-bond acceptors (Lipinski definition) is 5. The highest BCUT2D eigenvalue weighted by Gasteiger charge is 2.41. The van der Waals surface area contributed by atoms with Crippen LogP contribution in [-0.4, -0.2) is 37.5 Å². The molecule has 0 aliphatic heterocycles. The summed E-state index contributed by atoms with van der Waals surface area (Å²) in [5.41, 5.74) is 3.09. The molecule has 0 heterocycles. The average molecular weight is 425 g/mol. The number of aliphatic hydroxyl groups excluding tert-OH is 1. The molecule has 3 rings (SSSR count). The lowest BCUT2D eigenvalue weighted by molar-refractivity contribution is 0.0791. The zero-order valence-electron chi connectivity index (χ0n) is 18.6. The van der Waals surface area contributed by atoms with Gasteiger partial charge in [-0.1, -0.05) is 44.0 Å². The molecule has 2 aromatic carbocycles. The molecule has 0 aromatic heterocycles. The molecule has 0 radical (unpaired) electrons. The maximum atomic E-state index is 12.9. The van der Waals surface area contributed by atoms with Crippen molar-refractivity contribution in [3.05, 3.63) is 58.7 Å². The van der Waals surface area contributed by atoms with E-state index in [4.69, 9.17) is 14.6 Å². The fourth-order valence-electron chi connectivity index (χ4n) is 4.51. The Kier molecular flexibility index (Phi) is 7.85. The molecule has 1 aliphatic carbocycles. The molecule has 5 nitrogen and oxygen atoms in total. The van der Waals surface area contributed by atoms with Gasteiger partial charge in [-0.25, -0.2) is 0 Å². The largest absolute Gasteiger partial charge is 0.496 e. The Balaban J connectivity index is 1.76. The van der Waals surface area contributed by atoms with E-state index in [1.807, 2.05) is 19.1 Å². The SMILES string of the molecule is COc1cc(CC(C)C2C(=O)c3ccccc3C2=O)c(OC)cc1CCCCCCO. The Hall–Kier alpha value is -2.66. The zero-order valence-corrected chi connectivity index (χ0v) is 18.6. The summed E-state index contributed by atoms with van der Waals surface area (Å²) in [4.78, 5) is 25.7. The number of fused-ring (bicyclic) bond motifs is 1. The fraction of sp³-hybridized carbons (Fsp3) is 0.462. The van der Waals surface area contributed by atoms with E-state index in [9.17, 15) is 9.59 Å². The van der Waals surface area contributed by atoms with Crippen molar-refractivity contribution >= 4 is 11.6 Å². The molecular weight excluding hydrogens is 392 g/mol. The highest BCUT2D eigenvalue weighted by Crippen LogP contribution is 2.36. The summed E-state index contributed by atoms with van der Waals surface area (Å²) >= 11 is 0. The van der Waals surface area contributed by atoms with E-state index in [2.05, 4.69) is 0 Å². The number of benzene rings is 2. The van der Waals surface area contributed by atoms with Gasteiger partial charge in [-0.05, 0) is 54.9 Å². The van der Waals surface area contributed by atoms with Crippen LogP contribution in [-0.2, 0) is 12.8 Å². The van der Waals surface area contributed by atoms with E-state index in [-0.39, 0.29) is 24.1 Å². The van der Waals surface area contributed by atoms with Gasteiger partial charge >= 0.3 is 0 Å². The summed E-state index contributed by atoms with van der Waals surface area (Å²) in [6, 6.07) is 11.1. The molecule has 1 aliphatic rings. The molecule has 5 heteroatoms. The first-order valence-electron chi connectivity index (χ1n) is 11.0. The third kappa shape index (κ3) is 4.99. The predicted octanol–water partition coefficient (Wildman–Crippen LogP) is 4.67. The Morgan fingerprint density at radius 1 is 0.871 bits per heavy atom. The van der Waals surface area contributed by atoms with Crippen LogP contribution in [0.15, 0.2) is 36.4 Å². The van der Waals surface area contributed by atoms with E-state index in [1.54, 1.807) is 38.5 Å². The van der Waals surface area contributed by atoms with Gasteiger partial charge in [0, 0.05) is 17.7 Å². The smallest absolute Gasteiger partial charge is 0.174 e. The highest BCUT2D eigenvalue weighted by atomic mass is 16.5. The van der Waals surface area contributed by atoms with Crippen molar-refractivity contribution in [3.8, 4) is 11.5 Å². The van der Waals surface area contributed by atoms with Gasteiger partial charge in [0.2, 0.25) is 0 Å². The van der Waals surface area contributed by atoms with Gasteiger partial charge in [0.1, 0.15) is 11.5 Å². The van der Waals surface area contributed by atoms with Crippen LogP contribution in [0, 0.1) is 11.8 Å². The monoisotopic (exact) mass is 424 g/mol. The van der Waals surface area contributed by atoms with E-state index < -0.39 is 5.92 Å². The van der Waals surface area contributed by atoms with Crippen LogP contribution in [0.3, 0.4) is 0 Å². The molecule has 0 spiro atoms. The van der Waals surface area contributed by atoms with Crippen molar-refractivity contribution in [2.24, 2.45) is 11.8 Å². The van der Waals surface area contributed by atoms with Gasteiger partial charge in [0.25, 0.3) is 0 Å². The van der Waals surface area contributed by atoms with Crippen molar-refractivity contribution in [1.29, 1.82) is 0 Å². The third-order valence-corrected chi connectivity index (χ3v) is 6.17. The normalized spacial score (nSPS) is 14.6. The molecule has 0 amide bonds. The topological polar surface area (TPSA) is 72.8 Å². The predicted molar refractivity (Wildman–Crippen MR) is 120 cm³/mol. The molecule has 31 heavy (non-hydrogen) atoms. The number of carbonyl (C=O) groups is 2. The fourth-order valence-corrected chi connectivity index (χ4v) is 4.51. The minimum absolute atomic E-state index is 0.0847. The lowest BCUT2D eigenvalue weighted by atomic mass is 9.84. The van der Waals surface area contributed by atoms with Crippen molar-refractivity contribution in [1.82, 2.24) is 0 Å². The maximum absolute atomic E-state index is 12.9. The first kappa shape index (κ1) is 23.0. The van der Waals surface area contributed by atoms with Gasteiger partial charge in [-0.2, -0.15) is 0 Å². The number of hydrogen-bond donors (Lipinski definition) is 1. The number of unbranched alkanes of at least 4 members (excludes halogenated alkanes) is 3. The number of aryl methyl sites for hydroxylation is 1. The lowest BCUT2D eigenvalue weighted by Gasteiger charge is -2.20. The van der Waals surface area contributed by atoms with Gasteiger partial charge in [-0.3, -0.25) is 9.59 Å². The lowest BCUT2D eigenvalue weighted by Crippen LogP contribution is -2.25. The quantitative estimate of drug-likeness (QED) is 0.419. The number of rotatable bonds is 11. The van der Waals surface area contributed by atoms with Gasteiger partial charge in [0.15, 0.2) is 11.6 Å².